The van der Waals surface area contributed by atoms with Crippen LogP contribution in [0.3, 0.4) is 0 Å². The number of carboxylic acid groups (broad SMARTS) is 1. The molecule has 2 unspecified atom stereocenters. The van der Waals surface area contributed by atoms with Crippen molar-refractivity contribution in [2.24, 2.45) is 0 Å². The summed E-state index contributed by atoms with van der Waals surface area (Å²) in [5, 5.41) is 11.7. The summed E-state index contributed by atoms with van der Waals surface area (Å²) in [5.41, 5.74) is 1.05. The maximum Gasteiger partial charge on any atom is 0.320 e. The molecule has 26 heavy (non-hydrogen) atoms. The fourth-order valence-electron chi connectivity index (χ4n) is 3.86. The highest BCUT2D eigenvalue weighted by molar-refractivity contribution is 7.19. The number of thiophene rings is 1. The zero-order valence-electron chi connectivity index (χ0n) is 14.3. The van der Waals surface area contributed by atoms with Gasteiger partial charge in [-0.2, -0.15) is 0 Å². The van der Waals surface area contributed by atoms with Gasteiger partial charge in [-0.05, 0) is 54.6 Å². The van der Waals surface area contributed by atoms with Gasteiger partial charge in [0.1, 0.15) is 6.04 Å². The van der Waals surface area contributed by atoms with Crippen molar-refractivity contribution in [1.29, 1.82) is 0 Å². The molecule has 2 aromatic carbocycles. The third-order valence-electron chi connectivity index (χ3n) is 5.04. The molecule has 1 aliphatic rings. The van der Waals surface area contributed by atoms with Crippen molar-refractivity contribution in [2.75, 3.05) is 6.54 Å². The number of aliphatic carboxylic acids is 1. The van der Waals surface area contributed by atoms with E-state index in [0.29, 0.717) is 11.4 Å². The van der Waals surface area contributed by atoms with Crippen LogP contribution in [0.4, 0.5) is 0 Å². The Morgan fingerprint density at radius 3 is 2.77 bits per heavy atom. The third-order valence-corrected chi connectivity index (χ3v) is 6.44. The van der Waals surface area contributed by atoms with Crippen molar-refractivity contribution in [3.8, 4) is 0 Å². The lowest BCUT2D eigenvalue weighted by Gasteiger charge is -2.39. The summed E-state index contributed by atoms with van der Waals surface area (Å²) in [6, 6.07) is 17.8. The van der Waals surface area contributed by atoms with Crippen LogP contribution in [0.2, 0.25) is 5.02 Å². The average molecular weight is 386 g/mol. The lowest BCUT2D eigenvalue weighted by Crippen LogP contribution is -2.46. The monoisotopic (exact) mass is 385 g/mol. The van der Waals surface area contributed by atoms with Gasteiger partial charge in [-0.25, -0.2) is 0 Å². The minimum absolute atomic E-state index is 0.0903. The highest BCUT2D eigenvalue weighted by Crippen LogP contribution is 2.40. The molecule has 5 heteroatoms. The van der Waals surface area contributed by atoms with Crippen LogP contribution in [-0.4, -0.2) is 28.6 Å². The van der Waals surface area contributed by atoms with Crippen molar-refractivity contribution in [2.45, 2.75) is 31.3 Å². The molecular weight excluding hydrogens is 366 g/mol. The minimum Gasteiger partial charge on any atom is -0.480 e. The standard InChI is InChI=1S/C21H20ClNO2S/c22-16-8-5-7-15(12-16)20(23-11-4-3-9-17(23)21(24)25)19-13-14-6-1-2-10-18(14)26-19/h1-2,5-8,10,12-13,17,20H,3-4,9,11H2,(H,24,25). The largest absolute Gasteiger partial charge is 0.480 e. The number of piperidine rings is 1. The van der Waals surface area contributed by atoms with Crippen LogP contribution >= 0.6 is 22.9 Å². The first-order valence-electron chi connectivity index (χ1n) is 8.86. The Labute approximate surface area is 161 Å². The molecule has 1 aliphatic heterocycles. The molecule has 0 aliphatic carbocycles. The topological polar surface area (TPSA) is 40.5 Å². The summed E-state index contributed by atoms with van der Waals surface area (Å²) in [5.74, 6) is -0.738. The molecule has 1 N–H and O–H groups in total. The van der Waals surface area contributed by atoms with E-state index in [1.807, 2.05) is 30.3 Å². The highest BCUT2D eigenvalue weighted by Gasteiger charge is 2.35. The first kappa shape index (κ1) is 17.5. The minimum atomic E-state index is -0.738. The molecule has 2 heterocycles. The van der Waals surface area contributed by atoms with Crippen molar-refractivity contribution in [1.82, 2.24) is 4.90 Å². The van der Waals surface area contributed by atoms with Gasteiger partial charge in [0.2, 0.25) is 0 Å². The summed E-state index contributed by atoms with van der Waals surface area (Å²) >= 11 is 8.00. The van der Waals surface area contributed by atoms with Crippen LogP contribution < -0.4 is 0 Å². The van der Waals surface area contributed by atoms with Gasteiger partial charge >= 0.3 is 5.97 Å². The van der Waals surface area contributed by atoms with Gasteiger partial charge in [0.25, 0.3) is 0 Å². The SMILES string of the molecule is O=C(O)C1CCCCN1C(c1cccc(Cl)c1)c1cc2ccccc2s1. The summed E-state index contributed by atoms with van der Waals surface area (Å²) in [4.78, 5) is 15.2. The second kappa shape index (κ2) is 7.39. The van der Waals surface area contributed by atoms with Gasteiger partial charge in [0.15, 0.2) is 0 Å². The number of carboxylic acids is 1. The van der Waals surface area contributed by atoms with Crippen LogP contribution in [0.15, 0.2) is 54.6 Å². The first-order valence-corrected chi connectivity index (χ1v) is 10.1. The molecular formula is C21H20ClNO2S. The zero-order valence-corrected chi connectivity index (χ0v) is 15.8. The Morgan fingerprint density at radius 1 is 1.15 bits per heavy atom. The molecule has 0 saturated carbocycles. The summed E-state index contributed by atoms with van der Waals surface area (Å²) < 4.78 is 1.22. The van der Waals surface area contributed by atoms with Crippen LogP contribution in [0, 0.1) is 0 Å². The van der Waals surface area contributed by atoms with Crippen molar-refractivity contribution in [3.63, 3.8) is 0 Å². The van der Waals surface area contributed by atoms with E-state index in [1.54, 1.807) is 11.3 Å². The molecule has 4 rings (SSSR count). The van der Waals surface area contributed by atoms with Gasteiger partial charge in [-0.15, -0.1) is 11.3 Å². The lowest BCUT2D eigenvalue weighted by molar-refractivity contribution is -0.145. The Hall–Kier alpha value is -1.88. The van der Waals surface area contributed by atoms with Crippen LogP contribution in [0.1, 0.15) is 35.7 Å². The summed E-state index contributed by atoms with van der Waals surface area (Å²) in [7, 11) is 0. The molecule has 0 spiro atoms. The van der Waals surface area contributed by atoms with Gasteiger partial charge in [0, 0.05) is 14.6 Å². The smallest absolute Gasteiger partial charge is 0.320 e. The molecule has 3 nitrogen and oxygen atoms in total. The van der Waals surface area contributed by atoms with Crippen LogP contribution in [-0.2, 0) is 4.79 Å². The van der Waals surface area contributed by atoms with Crippen molar-refractivity contribution >= 4 is 39.0 Å². The highest BCUT2D eigenvalue weighted by atomic mass is 35.5. The number of fused-ring (bicyclic) bond motifs is 1. The van der Waals surface area contributed by atoms with E-state index in [-0.39, 0.29) is 6.04 Å². The van der Waals surface area contributed by atoms with Crippen molar-refractivity contribution < 1.29 is 9.90 Å². The first-order chi connectivity index (χ1) is 12.6. The molecule has 0 amide bonds. The Balaban J connectivity index is 1.84. The fourth-order valence-corrected chi connectivity index (χ4v) is 5.27. The quantitative estimate of drug-likeness (QED) is 0.637. The Morgan fingerprint density at radius 2 is 2.00 bits per heavy atom. The molecule has 0 bridgehead atoms. The number of nitrogens with zero attached hydrogens (tertiary/aromatic N) is 1. The molecule has 2 atom stereocenters. The second-order valence-corrected chi connectivity index (χ2v) is 8.28. The van der Waals surface area contributed by atoms with Gasteiger partial charge in [-0.3, -0.25) is 9.69 Å². The normalized spacial score (nSPS) is 19.5. The molecule has 1 fully saturated rings. The zero-order chi connectivity index (χ0) is 18.1. The number of hydrogen-bond donors (Lipinski definition) is 1. The van der Waals surface area contributed by atoms with E-state index in [4.69, 9.17) is 11.6 Å². The predicted octanol–water partition coefficient (Wildman–Crippen LogP) is 5.58. The number of rotatable bonds is 4. The van der Waals surface area contributed by atoms with E-state index in [0.717, 1.165) is 24.9 Å². The van der Waals surface area contributed by atoms with Crippen LogP contribution in [0.5, 0.6) is 0 Å². The molecule has 0 radical (unpaired) electrons. The van der Waals surface area contributed by atoms with Crippen LogP contribution in [0.25, 0.3) is 10.1 Å². The van der Waals surface area contributed by atoms with E-state index in [9.17, 15) is 9.90 Å². The number of carbonyl (C=O) groups is 1. The number of likely N-dealkylation sites (tertiary alicyclic amines) is 1. The van der Waals surface area contributed by atoms with Gasteiger partial charge in [0.05, 0.1) is 6.04 Å². The Kier molecular flexibility index (Phi) is 4.98. The number of benzene rings is 2. The second-order valence-electron chi connectivity index (χ2n) is 6.73. The molecule has 1 saturated heterocycles. The average Bonchev–Trinajstić information content (AvgIpc) is 3.06. The predicted molar refractivity (Wildman–Crippen MR) is 107 cm³/mol. The molecule has 1 aromatic heterocycles. The fraction of sp³-hybridized carbons (Fsp3) is 0.286. The van der Waals surface area contributed by atoms with Crippen molar-refractivity contribution in [3.05, 3.63) is 70.1 Å². The maximum atomic E-state index is 11.9. The summed E-state index contributed by atoms with van der Waals surface area (Å²) in [6.45, 7) is 0.780. The number of halogens is 1. The van der Waals surface area contributed by atoms with E-state index < -0.39 is 12.0 Å². The molecule has 3 aromatic rings. The Bertz CT molecular complexity index is 905. The molecule has 134 valence electrons. The van der Waals surface area contributed by atoms with E-state index in [1.165, 1.54) is 15.0 Å². The van der Waals surface area contributed by atoms with E-state index in [2.05, 4.69) is 29.2 Å². The third kappa shape index (κ3) is 3.37. The van der Waals surface area contributed by atoms with Gasteiger partial charge < -0.3 is 5.11 Å². The van der Waals surface area contributed by atoms with E-state index >= 15 is 0 Å². The van der Waals surface area contributed by atoms with Gasteiger partial charge in [-0.1, -0.05) is 48.4 Å². The number of hydrogen-bond acceptors (Lipinski definition) is 3. The maximum absolute atomic E-state index is 11.9. The lowest BCUT2D eigenvalue weighted by atomic mass is 9.95. The summed E-state index contributed by atoms with van der Waals surface area (Å²) in [6.07, 6.45) is 2.67.